The largest absolute Gasteiger partial charge is 0.395 e. The fraction of sp³-hybridized carbons (Fsp3) is 0.667. The van der Waals surface area contributed by atoms with Crippen molar-refractivity contribution in [2.45, 2.75) is 19.9 Å². The summed E-state index contributed by atoms with van der Waals surface area (Å²) in [5.74, 6) is 0.849. The SMILES string of the molecule is CCCN(CCO)Cc1ccno1. The third kappa shape index (κ3) is 3.57. The van der Waals surface area contributed by atoms with Gasteiger partial charge in [0.15, 0.2) is 5.76 Å². The molecule has 0 aromatic carbocycles. The minimum Gasteiger partial charge on any atom is -0.395 e. The van der Waals surface area contributed by atoms with Crippen LogP contribution in [0.4, 0.5) is 0 Å². The highest BCUT2D eigenvalue weighted by Gasteiger charge is 2.06. The molecule has 0 bridgehead atoms. The number of aliphatic hydroxyl groups is 1. The van der Waals surface area contributed by atoms with Gasteiger partial charge in [0, 0.05) is 12.6 Å². The lowest BCUT2D eigenvalue weighted by molar-refractivity contribution is 0.176. The summed E-state index contributed by atoms with van der Waals surface area (Å²) in [5, 5.41) is 12.4. The minimum absolute atomic E-state index is 0.189. The Bertz CT molecular complexity index is 205. The summed E-state index contributed by atoms with van der Waals surface area (Å²) < 4.78 is 4.98. The van der Waals surface area contributed by atoms with E-state index >= 15 is 0 Å². The van der Waals surface area contributed by atoms with Gasteiger partial charge in [-0.3, -0.25) is 4.90 Å². The van der Waals surface area contributed by atoms with Crippen molar-refractivity contribution >= 4 is 0 Å². The molecule has 0 fully saturated rings. The van der Waals surface area contributed by atoms with Crippen molar-refractivity contribution in [3.63, 3.8) is 0 Å². The van der Waals surface area contributed by atoms with Crippen LogP contribution in [0.2, 0.25) is 0 Å². The van der Waals surface area contributed by atoms with Crippen LogP contribution in [0.5, 0.6) is 0 Å². The van der Waals surface area contributed by atoms with E-state index < -0.39 is 0 Å². The molecule has 0 aliphatic carbocycles. The standard InChI is InChI=1S/C9H16N2O2/c1-2-5-11(6-7-12)8-9-3-4-10-13-9/h3-4,12H,2,5-8H2,1H3. The Hall–Kier alpha value is -0.870. The fourth-order valence-corrected chi connectivity index (χ4v) is 1.27. The molecule has 1 N–H and O–H groups in total. The molecule has 1 aromatic rings. The minimum atomic E-state index is 0.189. The molecule has 0 spiro atoms. The summed E-state index contributed by atoms with van der Waals surface area (Å²) in [4.78, 5) is 2.14. The third-order valence-corrected chi connectivity index (χ3v) is 1.83. The van der Waals surface area contributed by atoms with E-state index in [2.05, 4.69) is 17.0 Å². The molecule has 74 valence electrons. The van der Waals surface area contributed by atoms with Gasteiger partial charge in [-0.1, -0.05) is 12.1 Å². The molecular formula is C9H16N2O2. The Kier molecular flexibility index (Phi) is 4.49. The number of hydrogen-bond donors (Lipinski definition) is 1. The van der Waals surface area contributed by atoms with E-state index in [0.29, 0.717) is 6.54 Å². The van der Waals surface area contributed by atoms with Gasteiger partial charge in [0.2, 0.25) is 0 Å². The molecule has 0 aliphatic rings. The van der Waals surface area contributed by atoms with Crippen LogP contribution in [-0.2, 0) is 6.54 Å². The average molecular weight is 184 g/mol. The zero-order valence-corrected chi connectivity index (χ0v) is 7.94. The number of aliphatic hydroxyl groups excluding tert-OH is 1. The van der Waals surface area contributed by atoms with Crippen LogP contribution < -0.4 is 0 Å². The van der Waals surface area contributed by atoms with Gasteiger partial charge in [-0.05, 0) is 13.0 Å². The molecule has 4 heteroatoms. The number of aromatic nitrogens is 1. The van der Waals surface area contributed by atoms with Gasteiger partial charge in [-0.15, -0.1) is 0 Å². The van der Waals surface area contributed by atoms with Crippen LogP contribution >= 0.6 is 0 Å². The number of nitrogens with zero attached hydrogens (tertiary/aromatic N) is 2. The summed E-state index contributed by atoms with van der Waals surface area (Å²) in [6, 6.07) is 1.85. The number of hydrogen-bond acceptors (Lipinski definition) is 4. The Morgan fingerprint density at radius 3 is 2.92 bits per heavy atom. The van der Waals surface area contributed by atoms with E-state index in [1.165, 1.54) is 0 Å². The molecule has 4 nitrogen and oxygen atoms in total. The Labute approximate surface area is 78.1 Å². The first-order valence-electron chi connectivity index (χ1n) is 4.59. The van der Waals surface area contributed by atoms with Crippen LogP contribution in [0, 0.1) is 0 Å². The predicted octanol–water partition coefficient (Wildman–Crippen LogP) is 0.879. The summed E-state index contributed by atoms with van der Waals surface area (Å²) >= 11 is 0. The molecule has 1 aromatic heterocycles. The second-order valence-electron chi connectivity index (χ2n) is 2.98. The van der Waals surface area contributed by atoms with Gasteiger partial charge in [0.25, 0.3) is 0 Å². The molecule has 1 heterocycles. The van der Waals surface area contributed by atoms with Crippen LogP contribution in [0.15, 0.2) is 16.8 Å². The molecule has 0 radical (unpaired) electrons. The van der Waals surface area contributed by atoms with Gasteiger partial charge < -0.3 is 9.63 Å². The first kappa shape index (κ1) is 10.2. The van der Waals surface area contributed by atoms with Crippen molar-refractivity contribution < 1.29 is 9.63 Å². The quantitative estimate of drug-likeness (QED) is 0.713. The van der Waals surface area contributed by atoms with E-state index in [1.807, 2.05) is 6.07 Å². The zero-order valence-electron chi connectivity index (χ0n) is 7.94. The van der Waals surface area contributed by atoms with Crippen LogP contribution in [-0.4, -0.2) is 34.9 Å². The van der Waals surface area contributed by atoms with Gasteiger partial charge in [-0.25, -0.2) is 0 Å². The average Bonchev–Trinajstić information content (AvgIpc) is 2.58. The first-order valence-corrected chi connectivity index (χ1v) is 4.59. The van der Waals surface area contributed by atoms with Crippen LogP contribution in [0.25, 0.3) is 0 Å². The Morgan fingerprint density at radius 1 is 1.54 bits per heavy atom. The van der Waals surface area contributed by atoms with E-state index in [0.717, 1.165) is 25.3 Å². The fourth-order valence-electron chi connectivity index (χ4n) is 1.27. The van der Waals surface area contributed by atoms with Crippen molar-refractivity contribution in [3.8, 4) is 0 Å². The van der Waals surface area contributed by atoms with E-state index in [1.54, 1.807) is 6.20 Å². The molecule has 0 atom stereocenters. The maximum Gasteiger partial charge on any atom is 0.150 e. The van der Waals surface area contributed by atoms with Gasteiger partial charge in [-0.2, -0.15) is 0 Å². The van der Waals surface area contributed by atoms with Gasteiger partial charge in [0.05, 0.1) is 19.3 Å². The predicted molar refractivity (Wildman–Crippen MR) is 49.2 cm³/mol. The lowest BCUT2D eigenvalue weighted by Gasteiger charge is -2.18. The van der Waals surface area contributed by atoms with E-state index in [9.17, 15) is 0 Å². The molecule has 0 aliphatic heterocycles. The summed E-state index contributed by atoms with van der Waals surface area (Å²) in [7, 11) is 0. The maximum atomic E-state index is 8.80. The Balaban J connectivity index is 2.37. The molecule has 0 unspecified atom stereocenters. The highest BCUT2D eigenvalue weighted by molar-refractivity contribution is 4.92. The normalized spacial score (nSPS) is 11.0. The Morgan fingerprint density at radius 2 is 2.38 bits per heavy atom. The smallest absolute Gasteiger partial charge is 0.150 e. The summed E-state index contributed by atoms with van der Waals surface area (Å²) in [6.45, 7) is 4.70. The summed E-state index contributed by atoms with van der Waals surface area (Å²) in [6.07, 6.45) is 2.71. The molecule has 0 saturated heterocycles. The van der Waals surface area contributed by atoms with Gasteiger partial charge in [0.1, 0.15) is 0 Å². The van der Waals surface area contributed by atoms with Gasteiger partial charge >= 0.3 is 0 Å². The second-order valence-corrected chi connectivity index (χ2v) is 2.98. The topological polar surface area (TPSA) is 49.5 Å². The van der Waals surface area contributed by atoms with Crippen LogP contribution in [0.1, 0.15) is 19.1 Å². The third-order valence-electron chi connectivity index (χ3n) is 1.83. The molecule has 1 rings (SSSR count). The highest BCUT2D eigenvalue weighted by atomic mass is 16.5. The van der Waals surface area contributed by atoms with E-state index in [-0.39, 0.29) is 6.61 Å². The van der Waals surface area contributed by atoms with Crippen molar-refractivity contribution in [3.05, 3.63) is 18.0 Å². The lowest BCUT2D eigenvalue weighted by atomic mass is 10.3. The maximum absolute atomic E-state index is 8.80. The van der Waals surface area contributed by atoms with Crippen molar-refractivity contribution in [2.75, 3.05) is 19.7 Å². The monoisotopic (exact) mass is 184 g/mol. The molecule has 0 saturated carbocycles. The molecule has 13 heavy (non-hydrogen) atoms. The van der Waals surface area contributed by atoms with Crippen molar-refractivity contribution in [2.24, 2.45) is 0 Å². The van der Waals surface area contributed by atoms with Crippen molar-refractivity contribution in [1.29, 1.82) is 0 Å². The van der Waals surface area contributed by atoms with Crippen molar-refractivity contribution in [1.82, 2.24) is 10.1 Å². The molecule has 0 amide bonds. The number of rotatable bonds is 6. The summed E-state index contributed by atoms with van der Waals surface area (Å²) in [5.41, 5.74) is 0. The second kappa shape index (κ2) is 5.72. The van der Waals surface area contributed by atoms with Crippen LogP contribution in [0.3, 0.4) is 0 Å². The zero-order chi connectivity index (χ0) is 9.52. The lowest BCUT2D eigenvalue weighted by Crippen LogP contribution is -2.27. The first-order chi connectivity index (χ1) is 6.36. The van der Waals surface area contributed by atoms with E-state index in [4.69, 9.17) is 9.63 Å². The highest BCUT2D eigenvalue weighted by Crippen LogP contribution is 2.03. The molecular weight excluding hydrogens is 168 g/mol.